The van der Waals surface area contributed by atoms with Gasteiger partial charge in [0.25, 0.3) is 0 Å². The lowest BCUT2D eigenvalue weighted by atomic mass is 10.1. The second-order valence-electron chi connectivity index (χ2n) is 3.83. The molecule has 0 aliphatic heterocycles. The highest BCUT2D eigenvalue weighted by Crippen LogP contribution is 2.19. The van der Waals surface area contributed by atoms with Gasteiger partial charge in [0.05, 0.1) is 0 Å². The summed E-state index contributed by atoms with van der Waals surface area (Å²) in [5.41, 5.74) is 0.441. The van der Waals surface area contributed by atoms with E-state index in [1.165, 1.54) is 17.0 Å². The number of hydrogen-bond donors (Lipinski definition) is 0. The first-order chi connectivity index (χ1) is 8.19. The Morgan fingerprint density at radius 3 is 2.65 bits per heavy atom. The number of carbonyl (C=O) groups excluding carboxylic acids is 1. The van der Waals surface area contributed by atoms with E-state index in [4.69, 9.17) is 0 Å². The summed E-state index contributed by atoms with van der Waals surface area (Å²) < 4.78 is 13.0. The van der Waals surface area contributed by atoms with Gasteiger partial charge in [0.1, 0.15) is 5.82 Å². The van der Waals surface area contributed by atoms with E-state index in [0.29, 0.717) is 12.0 Å². The maximum atomic E-state index is 13.0. The number of rotatable bonds is 4. The third-order valence-electron chi connectivity index (χ3n) is 2.55. The van der Waals surface area contributed by atoms with Gasteiger partial charge >= 0.3 is 0 Å². The smallest absolute Gasteiger partial charge is 0.168 e. The maximum absolute atomic E-state index is 13.0. The quantitative estimate of drug-likeness (QED) is 0.750. The fourth-order valence-corrected chi connectivity index (χ4v) is 2.59. The molecule has 0 aliphatic rings. The summed E-state index contributed by atoms with van der Waals surface area (Å²) in [5, 5.41) is 0. The van der Waals surface area contributed by atoms with Crippen LogP contribution in [-0.4, -0.2) is 5.78 Å². The molecule has 0 unspecified atom stereocenters. The minimum Gasteiger partial charge on any atom is -0.294 e. The van der Waals surface area contributed by atoms with Crippen molar-refractivity contribution in [2.75, 3.05) is 0 Å². The van der Waals surface area contributed by atoms with Crippen molar-refractivity contribution in [3.63, 3.8) is 0 Å². The van der Waals surface area contributed by atoms with Crippen LogP contribution in [0, 0.1) is 5.82 Å². The van der Waals surface area contributed by atoms with E-state index >= 15 is 0 Å². The molecular weight excluding hydrogens is 235 g/mol. The average molecular weight is 248 g/mol. The van der Waals surface area contributed by atoms with Gasteiger partial charge in [-0.3, -0.25) is 4.79 Å². The van der Waals surface area contributed by atoms with Gasteiger partial charge in [-0.2, -0.15) is 0 Å². The van der Waals surface area contributed by atoms with Gasteiger partial charge < -0.3 is 0 Å². The van der Waals surface area contributed by atoms with Crippen LogP contribution in [0.2, 0.25) is 0 Å². The van der Waals surface area contributed by atoms with Crippen molar-refractivity contribution >= 4 is 17.1 Å². The Labute approximate surface area is 104 Å². The average Bonchev–Trinajstić information content (AvgIpc) is 2.77. The molecule has 0 atom stereocenters. The predicted molar refractivity (Wildman–Crippen MR) is 68.1 cm³/mol. The summed E-state index contributed by atoms with van der Waals surface area (Å²) in [6, 6.07) is 9.86. The molecule has 3 heteroatoms. The van der Waals surface area contributed by atoms with Crippen LogP contribution in [0.5, 0.6) is 0 Å². The summed E-state index contributed by atoms with van der Waals surface area (Å²) in [6.45, 7) is 2.09. The Balaban J connectivity index is 2.11. The minimum absolute atomic E-state index is 0.0333. The van der Waals surface area contributed by atoms with Crippen molar-refractivity contribution in [3.05, 3.63) is 57.5 Å². The van der Waals surface area contributed by atoms with Gasteiger partial charge in [-0.05, 0) is 30.7 Å². The molecule has 0 bridgehead atoms. The molecule has 0 spiro atoms. The highest BCUT2D eigenvalue weighted by atomic mass is 32.1. The Morgan fingerprint density at radius 1 is 1.24 bits per heavy atom. The Kier molecular flexibility index (Phi) is 3.69. The molecule has 0 radical (unpaired) electrons. The van der Waals surface area contributed by atoms with Gasteiger partial charge in [0, 0.05) is 21.7 Å². The maximum Gasteiger partial charge on any atom is 0.168 e. The summed E-state index contributed by atoms with van der Waals surface area (Å²) in [6.07, 6.45) is 1.34. The fourth-order valence-electron chi connectivity index (χ4n) is 1.63. The normalized spacial score (nSPS) is 10.5. The zero-order chi connectivity index (χ0) is 12.3. The van der Waals surface area contributed by atoms with Crippen LogP contribution < -0.4 is 0 Å². The van der Waals surface area contributed by atoms with E-state index in [2.05, 4.69) is 6.92 Å². The Morgan fingerprint density at radius 2 is 2.00 bits per heavy atom. The van der Waals surface area contributed by atoms with E-state index in [-0.39, 0.29) is 11.6 Å². The Bertz CT molecular complexity index is 531. The molecule has 0 fully saturated rings. The second kappa shape index (κ2) is 5.23. The molecule has 1 nitrogen and oxygen atoms in total. The first-order valence-electron chi connectivity index (χ1n) is 5.55. The SMILES string of the molecule is CCc1ccc(CC(=O)c2cccc(F)c2)s1. The molecule has 0 amide bonds. The van der Waals surface area contributed by atoms with E-state index in [0.717, 1.165) is 11.3 Å². The standard InChI is InChI=1S/C14H13FOS/c1-2-12-6-7-13(17-12)9-14(16)10-4-3-5-11(15)8-10/h3-8H,2,9H2,1H3. The third kappa shape index (κ3) is 3.01. The minimum atomic E-state index is -0.365. The van der Waals surface area contributed by atoms with Crippen molar-refractivity contribution in [1.29, 1.82) is 0 Å². The van der Waals surface area contributed by atoms with Gasteiger partial charge in [-0.1, -0.05) is 19.1 Å². The lowest BCUT2D eigenvalue weighted by Crippen LogP contribution is -2.02. The fraction of sp³-hybridized carbons (Fsp3) is 0.214. The largest absolute Gasteiger partial charge is 0.294 e. The lowest BCUT2D eigenvalue weighted by molar-refractivity contribution is 0.0993. The number of hydrogen-bond acceptors (Lipinski definition) is 2. The molecular formula is C14H13FOS. The summed E-state index contributed by atoms with van der Waals surface area (Å²) >= 11 is 1.65. The molecule has 0 aliphatic carbocycles. The summed E-state index contributed by atoms with van der Waals surface area (Å²) in [5.74, 6) is -0.398. The molecule has 2 rings (SSSR count). The van der Waals surface area contributed by atoms with E-state index in [1.807, 2.05) is 12.1 Å². The topological polar surface area (TPSA) is 17.1 Å². The highest BCUT2D eigenvalue weighted by molar-refractivity contribution is 7.12. The first kappa shape index (κ1) is 12.0. The zero-order valence-corrected chi connectivity index (χ0v) is 10.4. The molecule has 0 N–H and O–H groups in total. The number of Topliss-reactive ketones (excluding diaryl/α,β-unsaturated/α-hetero) is 1. The second-order valence-corrected chi connectivity index (χ2v) is 5.08. The van der Waals surface area contributed by atoms with Crippen molar-refractivity contribution < 1.29 is 9.18 Å². The number of carbonyl (C=O) groups is 1. The molecule has 1 aromatic carbocycles. The molecule has 2 aromatic rings. The van der Waals surface area contributed by atoms with Crippen LogP contribution in [0.1, 0.15) is 27.0 Å². The van der Waals surface area contributed by atoms with Gasteiger partial charge in [0.15, 0.2) is 5.78 Å². The molecule has 1 heterocycles. The molecule has 17 heavy (non-hydrogen) atoms. The van der Waals surface area contributed by atoms with Crippen molar-refractivity contribution in [2.24, 2.45) is 0 Å². The Hall–Kier alpha value is -1.48. The van der Waals surface area contributed by atoms with Gasteiger partial charge in [-0.25, -0.2) is 4.39 Å². The third-order valence-corrected chi connectivity index (χ3v) is 3.78. The van der Waals surface area contributed by atoms with Gasteiger partial charge in [-0.15, -0.1) is 11.3 Å². The summed E-state index contributed by atoms with van der Waals surface area (Å²) in [4.78, 5) is 14.2. The number of thiophene rings is 1. The van der Waals surface area contributed by atoms with Crippen LogP contribution in [0.25, 0.3) is 0 Å². The molecule has 88 valence electrons. The number of ketones is 1. The summed E-state index contributed by atoms with van der Waals surface area (Å²) in [7, 11) is 0. The number of benzene rings is 1. The lowest BCUT2D eigenvalue weighted by Gasteiger charge is -1.99. The van der Waals surface area contributed by atoms with E-state index in [9.17, 15) is 9.18 Å². The zero-order valence-electron chi connectivity index (χ0n) is 9.57. The molecule has 1 aromatic heterocycles. The first-order valence-corrected chi connectivity index (χ1v) is 6.37. The number of halogens is 1. The van der Waals surface area contributed by atoms with Crippen LogP contribution in [-0.2, 0) is 12.8 Å². The highest BCUT2D eigenvalue weighted by Gasteiger charge is 2.09. The van der Waals surface area contributed by atoms with Crippen LogP contribution >= 0.6 is 11.3 Å². The molecule has 0 saturated heterocycles. The monoisotopic (exact) mass is 248 g/mol. The van der Waals surface area contributed by atoms with Crippen LogP contribution in [0.4, 0.5) is 4.39 Å². The van der Waals surface area contributed by atoms with Crippen LogP contribution in [0.15, 0.2) is 36.4 Å². The predicted octanol–water partition coefficient (Wildman–Crippen LogP) is 3.88. The van der Waals surface area contributed by atoms with Crippen molar-refractivity contribution in [1.82, 2.24) is 0 Å². The van der Waals surface area contributed by atoms with E-state index < -0.39 is 0 Å². The van der Waals surface area contributed by atoms with Crippen molar-refractivity contribution in [2.45, 2.75) is 19.8 Å². The van der Waals surface area contributed by atoms with Gasteiger partial charge in [0.2, 0.25) is 0 Å². The molecule has 0 saturated carbocycles. The number of aryl methyl sites for hydroxylation is 1. The van der Waals surface area contributed by atoms with E-state index in [1.54, 1.807) is 23.5 Å². The van der Waals surface area contributed by atoms with Crippen molar-refractivity contribution in [3.8, 4) is 0 Å². The van der Waals surface area contributed by atoms with Crippen LogP contribution in [0.3, 0.4) is 0 Å².